The highest BCUT2D eigenvalue weighted by Crippen LogP contribution is 2.58. The molecule has 0 heterocycles. The van der Waals surface area contributed by atoms with Gasteiger partial charge in [-0.3, -0.25) is 4.79 Å². The van der Waals surface area contributed by atoms with E-state index < -0.39 is 23.6 Å². The van der Waals surface area contributed by atoms with Crippen molar-refractivity contribution < 1.29 is 24.2 Å². The standard InChI is InChI=1S/C30H24O5/c31-28(29(32)33)27-25(20-11-3-1-4-12-20)24(26(27)21-13-5-2-6-14-21)18-35-30(34)23-17-9-15-19-10-7-8-16-22(19)23/h1-17,24-27H,18H2,(H,32,33)/t24-,25-,26-,27+/m1/s1. The number of fused-ring (bicyclic) bond motifs is 1. The molecule has 1 fully saturated rings. The minimum Gasteiger partial charge on any atom is -0.475 e. The van der Waals surface area contributed by atoms with E-state index in [4.69, 9.17) is 4.74 Å². The molecule has 1 N–H and O–H groups in total. The Balaban J connectivity index is 1.48. The zero-order valence-electron chi connectivity index (χ0n) is 18.9. The number of ketones is 1. The molecular formula is C30H24O5. The Hall–Kier alpha value is -4.25. The number of ether oxygens (including phenoxy) is 1. The number of esters is 1. The molecule has 5 heteroatoms. The molecule has 0 bridgehead atoms. The number of carbonyl (C=O) groups is 3. The quantitative estimate of drug-likeness (QED) is 0.290. The molecule has 0 radical (unpaired) electrons. The molecule has 2 atom stereocenters. The third-order valence-corrected chi connectivity index (χ3v) is 7.00. The summed E-state index contributed by atoms with van der Waals surface area (Å²) in [5.41, 5.74) is 2.21. The molecule has 1 aliphatic carbocycles. The van der Waals surface area contributed by atoms with Crippen LogP contribution in [0.4, 0.5) is 0 Å². The van der Waals surface area contributed by atoms with Crippen molar-refractivity contribution in [2.75, 3.05) is 6.61 Å². The van der Waals surface area contributed by atoms with E-state index in [9.17, 15) is 19.5 Å². The number of hydrogen-bond donors (Lipinski definition) is 1. The van der Waals surface area contributed by atoms with Crippen LogP contribution in [0.15, 0.2) is 103 Å². The first-order valence-electron chi connectivity index (χ1n) is 11.6. The van der Waals surface area contributed by atoms with Crippen LogP contribution in [-0.2, 0) is 14.3 Å². The van der Waals surface area contributed by atoms with Gasteiger partial charge in [0, 0.05) is 23.7 Å². The lowest BCUT2D eigenvalue weighted by Gasteiger charge is -2.51. The Morgan fingerprint density at radius 3 is 1.83 bits per heavy atom. The molecule has 0 spiro atoms. The van der Waals surface area contributed by atoms with E-state index in [1.807, 2.05) is 97.1 Å². The number of rotatable bonds is 7. The van der Waals surface area contributed by atoms with Gasteiger partial charge >= 0.3 is 11.9 Å². The molecule has 1 aliphatic rings. The van der Waals surface area contributed by atoms with Gasteiger partial charge in [-0.2, -0.15) is 0 Å². The summed E-state index contributed by atoms with van der Waals surface area (Å²) in [4.78, 5) is 37.7. The SMILES string of the molecule is O=C(OC[C@H]1[C@@H](c2ccccc2)[C@@H](C(=O)C(=O)O)[C@@H]1c1ccccc1)c1cccc2ccccc12. The average Bonchev–Trinajstić information content (AvgIpc) is 2.88. The van der Waals surface area contributed by atoms with Crippen molar-refractivity contribution in [3.8, 4) is 0 Å². The van der Waals surface area contributed by atoms with Crippen molar-refractivity contribution in [2.24, 2.45) is 11.8 Å². The van der Waals surface area contributed by atoms with Gasteiger partial charge in [0.15, 0.2) is 0 Å². The van der Waals surface area contributed by atoms with Crippen LogP contribution in [0.5, 0.6) is 0 Å². The first-order chi connectivity index (χ1) is 17.1. The van der Waals surface area contributed by atoms with Gasteiger partial charge in [0.1, 0.15) is 0 Å². The van der Waals surface area contributed by atoms with Crippen molar-refractivity contribution in [3.63, 3.8) is 0 Å². The van der Waals surface area contributed by atoms with Crippen LogP contribution in [0.2, 0.25) is 0 Å². The summed E-state index contributed by atoms with van der Waals surface area (Å²) in [5, 5.41) is 11.3. The van der Waals surface area contributed by atoms with Crippen LogP contribution in [0, 0.1) is 11.8 Å². The molecule has 0 aromatic heterocycles. The zero-order chi connectivity index (χ0) is 24.4. The highest BCUT2D eigenvalue weighted by molar-refractivity contribution is 6.34. The maximum absolute atomic E-state index is 13.1. The monoisotopic (exact) mass is 464 g/mol. The minimum atomic E-state index is -1.44. The topological polar surface area (TPSA) is 80.7 Å². The Labute approximate surface area is 203 Å². The maximum atomic E-state index is 13.1. The predicted octanol–water partition coefficient (Wildman–Crippen LogP) is 5.46. The van der Waals surface area contributed by atoms with Crippen molar-refractivity contribution in [2.45, 2.75) is 11.8 Å². The second-order valence-corrected chi connectivity index (χ2v) is 8.86. The molecule has 4 aromatic rings. The minimum absolute atomic E-state index is 0.0740. The molecule has 4 aromatic carbocycles. The predicted molar refractivity (Wildman–Crippen MR) is 132 cm³/mol. The third-order valence-electron chi connectivity index (χ3n) is 7.00. The van der Waals surface area contributed by atoms with E-state index >= 15 is 0 Å². The molecule has 0 unspecified atom stereocenters. The summed E-state index contributed by atoms with van der Waals surface area (Å²) in [7, 11) is 0. The summed E-state index contributed by atoms with van der Waals surface area (Å²) < 4.78 is 5.83. The van der Waals surface area contributed by atoms with E-state index in [0.717, 1.165) is 21.9 Å². The van der Waals surface area contributed by atoms with E-state index in [-0.39, 0.29) is 24.4 Å². The van der Waals surface area contributed by atoms with Gasteiger partial charge in [-0.25, -0.2) is 9.59 Å². The number of carboxylic acid groups (broad SMARTS) is 1. The van der Waals surface area contributed by atoms with Gasteiger partial charge < -0.3 is 9.84 Å². The normalized spacial score (nSPS) is 21.1. The third kappa shape index (κ3) is 4.21. The van der Waals surface area contributed by atoms with Gasteiger partial charge in [-0.05, 0) is 28.0 Å². The molecule has 0 aliphatic heterocycles. The highest BCUT2D eigenvalue weighted by atomic mass is 16.5. The van der Waals surface area contributed by atoms with E-state index in [1.165, 1.54) is 0 Å². The number of carbonyl (C=O) groups excluding carboxylic acids is 2. The average molecular weight is 465 g/mol. The van der Waals surface area contributed by atoms with Crippen LogP contribution in [-0.4, -0.2) is 29.4 Å². The molecule has 35 heavy (non-hydrogen) atoms. The number of Topliss-reactive ketones (excluding diaryl/α,β-unsaturated/α-hetero) is 1. The lowest BCUT2D eigenvalue weighted by atomic mass is 9.51. The summed E-state index contributed by atoms with van der Waals surface area (Å²) in [5.74, 6) is -4.41. The zero-order valence-corrected chi connectivity index (χ0v) is 18.9. The number of benzene rings is 4. The molecule has 0 amide bonds. The lowest BCUT2D eigenvalue weighted by molar-refractivity contribution is -0.155. The number of aliphatic carboxylic acids is 1. The maximum Gasteiger partial charge on any atom is 0.372 e. The summed E-state index contributed by atoms with van der Waals surface area (Å²) in [6.45, 7) is 0.0740. The van der Waals surface area contributed by atoms with Crippen molar-refractivity contribution >= 4 is 28.5 Å². The largest absolute Gasteiger partial charge is 0.475 e. The molecule has 5 nitrogen and oxygen atoms in total. The van der Waals surface area contributed by atoms with Gasteiger partial charge in [0.2, 0.25) is 5.78 Å². The molecule has 5 rings (SSSR count). The van der Waals surface area contributed by atoms with Crippen molar-refractivity contribution in [3.05, 3.63) is 120 Å². The van der Waals surface area contributed by atoms with Gasteiger partial charge in [0.25, 0.3) is 0 Å². The Bertz CT molecular complexity index is 1330. The van der Waals surface area contributed by atoms with E-state index in [2.05, 4.69) is 0 Å². The van der Waals surface area contributed by atoms with Crippen molar-refractivity contribution in [1.82, 2.24) is 0 Å². The highest BCUT2D eigenvalue weighted by Gasteiger charge is 2.56. The first-order valence-corrected chi connectivity index (χ1v) is 11.6. The van der Waals surface area contributed by atoms with E-state index in [1.54, 1.807) is 6.07 Å². The lowest BCUT2D eigenvalue weighted by Crippen LogP contribution is -2.51. The summed E-state index contributed by atoms with van der Waals surface area (Å²) in [6, 6.07) is 31.9. The Kier molecular flexibility index (Phi) is 6.15. The summed E-state index contributed by atoms with van der Waals surface area (Å²) in [6.07, 6.45) is 0. The van der Waals surface area contributed by atoms with E-state index in [0.29, 0.717) is 5.56 Å². The smallest absolute Gasteiger partial charge is 0.372 e. The van der Waals surface area contributed by atoms with Gasteiger partial charge in [-0.15, -0.1) is 0 Å². The van der Waals surface area contributed by atoms with Gasteiger partial charge in [-0.1, -0.05) is 97.1 Å². The Morgan fingerprint density at radius 2 is 1.23 bits per heavy atom. The Morgan fingerprint density at radius 1 is 0.686 bits per heavy atom. The summed E-state index contributed by atoms with van der Waals surface area (Å²) >= 11 is 0. The van der Waals surface area contributed by atoms with Crippen LogP contribution in [0.25, 0.3) is 10.8 Å². The second-order valence-electron chi connectivity index (χ2n) is 8.86. The second kappa shape index (κ2) is 9.55. The van der Waals surface area contributed by atoms with Crippen LogP contribution in [0.1, 0.15) is 33.3 Å². The van der Waals surface area contributed by atoms with Crippen molar-refractivity contribution in [1.29, 1.82) is 0 Å². The molecule has 0 saturated heterocycles. The van der Waals surface area contributed by atoms with Crippen LogP contribution >= 0.6 is 0 Å². The molecule has 174 valence electrons. The van der Waals surface area contributed by atoms with Gasteiger partial charge in [0.05, 0.1) is 12.2 Å². The number of carboxylic acids is 1. The first kappa shape index (κ1) is 22.5. The molecule has 1 saturated carbocycles. The fourth-order valence-electron chi connectivity index (χ4n) is 5.42. The fraction of sp³-hybridized carbons (Fsp3) is 0.167. The van der Waals surface area contributed by atoms with Crippen LogP contribution in [0.3, 0.4) is 0 Å². The fourth-order valence-corrected chi connectivity index (χ4v) is 5.42. The van der Waals surface area contributed by atoms with Crippen LogP contribution < -0.4 is 0 Å². The molecular weight excluding hydrogens is 440 g/mol. The number of hydrogen-bond acceptors (Lipinski definition) is 4.